The molecule has 0 heterocycles. The molecule has 0 aliphatic heterocycles. The summed E-state index contributed by atoms with van der Waals surface area (Å²) in [6.07, 6.45) is 2.45. The SMILES string of the molecule is CN(CC1CC1)C(=O)c1ccc(F)cc1. The summed E-state index contributed by atoms with van der Waals surface area (Å²) < 4.78 is 12.6. The molecule has 1 amide bonds. The molecule has 0 bridgehead atoms. The Bertz CT molecular complexity index is 356. The minimum Gasteiger partial charge on any atom is -0.341 e. The lowest BCUT2D eigenvalue weighted by atomic mass is 10.2. The molecule has 1 aromatic carbocycles. The van der Waals surface area contributed by atoms with E-state index in [1.807, 2.05) is 0 Å². The summed E-state index contributed by atoms with van der Waals surface area (Å²) in [4.78, 5) is 13.5. The summed E-state index contributed by atoms with van der Waals surface area (Å²) in [7, 11) is 1.80. The fourth-order valence-electron chi connectivity index (χ4n) is 1.58. The Kier molecular flexibility index (Phi) is 2.71. The van der Waals surface area contributed by atoms with Gasteiger partial charge >= 0.3 is 0 Å². The Balaban J connectivity index is 2.02. The molecule has 1 aliphatic carbocycles. The number of rotatable bonds is 3. The molecule has 0 aromatic heterocycles. The lowest BCUT2D eigenvalue weighted by Crippen LogP contribution is -2.28. The van der Waals surface area contributed by atoms with Crippen LogP contribution >= 0.6 is 0 Å². The van der Waals surface area contributed by atoms with Gasteiger partial charge in [0.1, 0.15) is 5.82 Å². The van der Waals surface area contributed by atoms with Crippen LogP contribution in [-0.2, 0) is 0 Å². The summed E-state index contributed by atoms with van der Waals surface area (Å²) in [5.74, 6) is 0.345. The quantitative estimate of drug-likeness (QED) is 0.744. The van der Waals surface area contributed by atoms with E-state index in [2.05, 4.69) is 0 Å². The molecule has 2 rings (SSSR count). The molecule has 0 N–H and O–H groups in total. The van der Waals surface area contributed by atoms with Crippen LogP contribution in [0.5, 0.6) is 0 Å². The third-order valence-corrected chi connectivity index (χ3v) is 2.67. The highest BCUT2D eigenvalue weighted by Gasteiger charge is 2.25. The van der Waals surface area contributed by atoms with E-state index in [1.165, 1.54) is 37.1 Å². The monoisotopic (exact) mass is 207 g/mol. The summed E-state index contributed by atoms with van der Waals surface area (Å²) in [6.45, 7) is 0.816. The maximum Gasteiger partial charge on any atom is 0.253 e. The first kappa shape index (κ1) is 10.1. The van der Waals surface area contributed by atoms with Gasteiger partial charge in [-0.25, -0.2) is 4.39 Å². The van der Waals surface area contributed by atoms with E-state index in [0.717, 1.165) is 6.54 Å². The van der Waals surface area contributed by atoms with Crippen molar-refractivity contribution in [1.82, 2.24) is 4.90 Å². The molecule has 1 aliphatic rings. The molecule has 1 saturated carbocycles. The molecule has 15 heavy (non-hydrogen) atoms. The van der Waals surface area contributed by atoms with Crippen molar-refractivity contribution in [2.45, 2.75) is 12.8 Å². The lowest BCUT2D eigenvalue weighted by molar-refractivity contribution is 0.0788. The molecule has 3 heteroatoms. The first-order valence-electron chi connectivity index (χ1n) is 5.18. The number of nitrogens with zero attached hydrogens (tertiary/aromatic N) is 1. The number of benzene rings is 1. The van der Waals surface area contributed by atoms with Crippen molar-refractivity contribution >= 4 is 5.91 Å². The summed E-state index contributed by atoms with van der Waals surface area (Å²) in [6, 6.07) is 5.69. The largest absolute Gasteiger partial charge is 0.341 e. The number of carbonyl (C=O) groups is 1. The fourth-order valence-corrected chi connectivity index (χ4v) is 1.58. The average molecular weight is 207 g/mol. The zero-order valence-corrected chi connectivity index (χ0v) is 8.74. The summed E-state index contributed by atoms with van der Waals surface area (Å²) in [5, 5.41) is 0. The predicted octanol–water partition coefficient (Wildman–Crippen LogP) is 2.31. The molecule has 2 nitrogen and oxygen atoms in total. The Morgan fingerprint density at radius 2 is 2.00 bits per heavy atom. The maximum absolute atomic E-state index is 12.6. The Morgan fingerprint density at radius 3 is 2.53 bits per heavy atom. The lowest BCUT2D eigenvalue weighted by Gasteiger charge is -2.16. The average Bonchev–Trinajstić information content (AvgIpc) is 3.02. The molecular weight excluding hydrogens is 193 g/mol. The molecule has 80 valence electrons. The second-order valence-electron chi connectivity index (χ2n) is 4.14. The minimum absolute atomic E-state index is 0.0260. The topological polar surface area (TPSA) is 20.3 Å². The van der Waals surface area contributed by atoms with Gasteiger partial charge in [0.25, 0.3) is 5.91 Å². The smallest absolute Gasteiger partial charge is 0.253 e. The normalized spacial score (nSPS) is 15.1. The molecule has 0 radical (unpaired) electrons. The van der Waals surface area contributed by atoms with Gasteiger partial charge in [0.15, 0.2) is 0 Å². The van der Waals surface area contributed by atoms with Crippen molar-refractivity contribution in [3.8, 4) is 0 Å². The highest BCUT2D eigenvalue weighted by Crippen LogP contribution is 2.29. The highest BCUT2D eigenvalue weighted by molar-refractivity contribution is 5.94. The van der Waals surface area contributed by atoms with Gasteiger partial charge in [0.05, 0.1) is 0 Å². The fraction of sp³-hybridized carbons (Fsp3) is 0.417. The molecular formula is C12H14FNO. The van der Waals surface area contributed by atoms with Crippen LogP contribution in [0.15, 0.2) is 24.3 Å². The van der Waals surface area contributed by atoms with Crippen LogP contribution in [0.4, 0.5) is 4.39 Å². The van der Waals surface area contributed by atoms with Gasteiger partial charge in [-0.05, 0) is 43.0 Å². The zero-order valence-electron chi connectivity index (χ0n) is 8.74. The van der Waals surface area contributed by atoms with E-state index in [4.69, 9.17) is 0 Å². The maximum atomic E-state index is 12.6. The number of hydrogen-bond donors (Lipinski definition) is 0. The van der Waals surface area contributed by atoms with Crippen molar-refractivity contribution in [1.29, 1.82) is 0 Å². The van der Waals surface area contributed by atoms with Gasteiger partial charge < -0.3 is 4.90 Å². The van der Waals surface area contributed by atoms with Crippen LogP contribution in [0.1, 0.15) is 23.2 Å². The number of halogens is 1. The van der Waals surface area contributed by atoms with E-state index < -0.39 is 0 Å². The van der Waals surface area contributed by atoms with E-state index in [1.54, 1.807) is 11.9 Å². The van der Waals surface area contributed by atoms with Gasteiger partial charge in [0.2, 0.25) is 0 Å². The first-order chi connectivity index (χ1) is 7.16. The van der Waals surface area contributed by atoms with E-state index in [-0.39, 0.29) is 11.7 Å². The number of amides is 1. The number of hydrogen-bond acceptors (Lipinski definition) is 1. The third-order valence-electron chi connectivity index (χ3n) is 2.67. The Morgan fingerprint density at radius 1 is 1.40 bits per heavy atom. The Hall–Kier alpha value is -1.38. The summed E-state index contributed by atoms with van der Waals surface area (Å²) >= 11 is 0. The third kappa shape index (κ3) is 2.55. The van der Waals surface area contributed by atoms with Crippen molar-refractivity contribution in [3.63, 3.8) is 0 Å². The van der Waals surface area contributed by atoms with Crippen molar-refractivity contribution in [2.75, 3.05) is 13.6 Å². The predicted molar refractivity (Wildman–Crippen MR) is 56.1 cm³/mol. The van der Waals surface area contributed by atoms with Gasteiger partial charge in [0, 0.05) is 19.2 Å². The second kappa shape index (κ2) is 4.01. The van der Waals surface area contributed by atoms with Gasteiger partial charge in [-0.1, -0.05) is 0 Å². The first-order valence-corrected chi connectivity index (χ1v) is 5.18. The number of carbonyl (C=O) groups excluding carboxylic acids is 1. The zero-order chi connectivity index (χ0) is 10.8. The van der Waals surface area contributed by atoms with Crippen molar-refractivity contribution in [3.05, 3.63) is 35.6 Å². The molecule has 0 atom stereocenters. The van der Waals surface area contributed by atoms with E-state index in [9.17, 15) is 9.18 Å². The highest BCUT2D eigenvalue weighted by atomic mass is 19.1. The molecule has 1 aromatic rings. The molecule has 0 saturated heterocycles. The van der Waals surface area contributed by atoms with E-state index in [0.29, 0.717) is 11.5 Å². The second-order valence-corrected chi connectivity index (χ2v) is 4.14. The van der Waals surface area contributed by atoms with Gasteiger partial charge in [-0.3, -0.25) is 4.79 Å². The summed E-state index contributed by atoms with van der Waals surface area (Å²) in [5.41, 5.74) is 0.555. The van der Waals surface area contributed by atoms with E-state index >= 15 is 0 Å². The molecule has 0 unspecified atom stereocenters. The van der Waals surface area contributed by atoms with Gasteiger partial charge in [-0.2, -0.15) is 0 Å². The van der Waals surface area contributed by atoms with Crippen molar-refractivity contribution < 1.29 is 9.18 Å². The minimum atomic E-state index is -0.309. The molecule has 0 spiro atoms. The van der Waals surface area contributed by atoms with Crippen LogP contribution in [0.2, 0.25) is 0 Å². The van der Waals surface area contributed by atoms with Crippen LogP contribution < -0.4 is 0 Å². The van der Waals surface area contributed by atoms with Crippen LogP contribution in [-0.4, -0.2) is 24.4 Å². The van der Waals surface area contributed by atoms with Gasteiger partial charge in [-0.15, -0.1) is 0 Å². The Labute approximate surface area is 88.7 Å². The molecule has 1 fully saturated rings. The standard InChI is InChI=1S/C12H14FNO/c1-14(8-9-2-3-9)12(15)10-4-6-11(13)7-5-10/h4-7,9H,2-3,8H2,1H3. The van der Waals surface area contributed by atoms with Crippen LogP contribution in [0, 0.1) is 11.7 Å². The van der Waals surface area contributed by atoms with Crippen molar-refractivity contribution in [2.24, 2.45) is 5.92 Å². The van der Waals surface area contributed by atoms with Crippen LogP contribution in [0.3, 0.4) is 0 Å². The van der Waals surface area contributed by atoms with Crippen LogP contribution in [0.25, 0.3) is 0 Å².